The van der Waals surface area contributed by atoms with Gasteiger partial charge in [-0.25, -0.2) is 0 Å². The lowest BCUT2D eigenvalue weighted by Gasteiger charge is -2.26. The molecule has 3 rings (SSSR count). The smallest absolute Gasteiger partial charge is 0.176 e. The molecule has 0 amide bonds. The Morgan fingerprint density at radius 1 is 1.16 bits per heavy atom. The zero-order chi connectivity index (χ0) is 13.3. The lowest BCUT2D eigenvalue weighted by atomic mass is 9.96. The number of benzene rings is 1. The standard InChI is InChI=1S/C14H19N5/c1-11-5-7-12(8-6-11)19-13(16-17-18-19)14(15-2)9-3-4-10-14/h5-8,15H,3-4,9-10H2,1-2H3. The zero-order valence-corrected chi connectivity index (χ0v) is 11.4. The highest BCUT2D eigenvalue weighted by Crippen LogP contribution is 2.37. The van der Waals surface area contributed by atoms with Gasteiger partial charge in [-0.3, -0.25) is 0 Å². The molecule has 1 aliphatic rings. The maximum absolute atomic E-state index is 4.28. The summed E-state index contributed by atoms with van der Waals surface area (Å²) in [6.07, 6.45) is 4.63. The number of hydrogen-bond acceptors (Lipinski definition) is 4. The number of hydrogen-bond donors (Lipinski definition) is 1. The van der Waals surface area contributed by atoms with Crippen molar-refractivity contribution in [1.82, 2.24) is 25.5 Å². The summed E-state index contributed by atoms with van der Waals surface area (Å²) < 4.78 is 1.86. The minimum atomic E-state index is -0.0750. The van der Waals surface area contributed by atoms with Crippen molar-refractivity contribution in [3.63, 3.8) is 0 Å². The third-order valence-electron chi connectivity index (χ3n) is 4.11. The van der Waals surface area contributed by atoms with Gasteiger partial charge in [0.05, 0.1) is 11.2 Å². The van der Waals surface area contributed by atoms with Crippen molar-refractivity contribution in [2.45, 2.75) is 38.1 Å². The van der Waals surface area contributed by atoms with Gasteiger partial charge in [0, 0.05) is 0 Å². The van der Waals surface area contributed by atoms with E-state index < -0.39 is 0 Å². The Morgan fingerprint density at radius 2 is 1.84 bits per heavy atom. The highest BCUT2D eigenvalue weighted by molar-refractivity contribution is 5.34. The van der Waals surface area contributed by atoms with Gasteiger partial charge < -0.3 is 5.32 Å². The van der Waals surface area contributed by atoms with E-state index in [1.54, 1.807) is 0 Å². The first-order valence-corrected chi connectivity index (χ1v) is 6.80. The van der Waals surface area contributed by atoms with Crippen molar-refractivity contribution in [2.75, 3.05) is 7.05 Å². The second-order valence-electron chi connectivity index (χ2n) is 5.29. The topological polar surface area (TPSA) is 55.6 Å². The Kier molecular flexibility index (Phi) is 3.06. The quantitative estimate of drug-likeness (QED) is 0.913. The fourth-order valence-corrected chi connectivity index (χ4v) is 2.91. The fraction of sp³-hybridized carbons (Fsp3) is 0.500. The maximum atomic E-state index is 4.28. The first kappa shape index (κ1) is 12.3. The van der Waals surface area contributed by atoms with Crippen LogP contribution < -0.4 is 5.32 Å². The summed E-state index contributed by atoms with van der Waals surface area (Å²) in [5.74, 6) is 0.927. The van der Waals surface area contributed by atoms with E-state index in [9.17, 15) is 0 Å². The van der Waals surface area contributed by atoms with Crippen molar-refractivity contribution in [2.24, 2.45) is 0 Å². The molecule has 5 heteroatoms. The van der Waals surface area contributed by atoms with Gasteiger partial charge in [0.15, 0.2) is 5.82 Å². The molecule has 1 aliphatic carbocycles. The predicted octanol–water partition coefficient (Wildman–Crippen LogP) is 1.96. The van der Waals surface area contributed by atoms with Crippen LogP contribution in [0.15, 0.2) is 24.3 Å². The average Bonchev–Trinajstić information content (AvgIpc) is 3.09. The van der Waals surface area contributed by atoms with Crippen molar-refractivity contribution < 1.29 is 0 Å². The van der Waals surface area contributed by atoms with Crippen molar-refractivity contribution >= 4 is 0 Å². The Hall–Kier alpha value is -1.75. The number of tetrazole rings is 1. The van der Waals surface area contributed by atoms with Gasteiger partial charge in [-0.05, 0) is 49.4 Å². The Morgan fingerprint density at radius 3 is 2.47 bits per heavy atom. The Labute approximate surface area is 113 Å². The Balaban J connectivity index is 2.05. The number of aryl methyl sites for hydroxylation is 1. The van der Waals surface area contributed by atoms with E-state index in [0.717, 1.165) is 24.4 Å². The molecular formula is C14H19N5. The summed E-state index contributed by atoms with van der Waals surface area (Å²) in [5.41, 5.74) is 2.18. The summed E-state index contributed by atoms with van der Waals surface area (Å²) in [4.78, 5) is 0. The first-order chi connectivity index (χ1) is 9.25. The average molecular weight is 257 g/mol. The molecule has 0 saturated heterocycles. The molecule has 0 bridgehead atoms. The van der Waals surface area contributed by atoms with Crippen LogP contribution in [0.25, 0.3) is 5.69 Å². The molecule has 1 saturated carbocycles. The molecule has 100 valence electrons. The second-order valence-corrected chi connectivity index (χ2v) is 5.29. The molecule has 1 aromatic carbocycles. The van der Waals surface area contributed by atoms with E-state index in [1.165, 1.54) is 18.4 Å². The molecule has 2 aromatic rings. The summed E-state index contributed by atoms with van der Waals surface area (Å²) in [5, 5.41) is 15.8. The molecular weight excluding hydrogens is 238 g/mol. The van der Waals surface area contributed by atoms with Crippen molar-refractivity contribution in [3.8, 4) is 5.69 Å². The predicted molar refractivity (Wildman–Crippen MR) is 73.1 cm³/mol. The van der Waals surface area contributed by atoms with E-state index in [4.69, 9.17) is 0 Å². The monoisotopic (exact) mass is 257 g/mol. The molecule has 1 aromatic heterocycles. The van der Waals surface area contributed by atoms with Gasteiger partial charge >= 0.3 is 0 Å². The van der Waals surface area contributed by atoms with Crippen LogP contribution in [0.4, 0.5) is 0 Å². The molecule has 0 spiro atoms. The van der Waals surface area contributed by atoms with Crippen molar-refractivity contribution in [1.29, 1.82) is 0 Å². The van der Waals surface area contributed by atoms with Gasteiger partial charge in [-0.1, -0.05) is 30.5 Å². The lowest BCUT2D eigenvalue weighted by Crippen LogP contribution is -2.39. The van der Waals surface area contributed by atoms with Gasteiger partial charge in [-0.15, -0.1) is 5.10 Å². The third kappa shape index (κ3) is 2.04. The van der Waals surface area contributed by atoms with Gasteiger partial charge in [-0.2, -0.15) is 4.68 Å². The maximum Gasteiger partial charge on any atom is 0.176 e. The normalized spacial score (nSPS) is 17.8. The number of rotatable bonds is 3. The molecule has 0 radical (unpaired) electrons. The van der Waals surface area contributed by atoms with E-state index in [1.807, 2.05) is 11.7 Å². The van der Waals surface area contributed by atoms with Crippen LogP contribution in [0.5, 0.6) is 0 Å². The molecule has 0 unspecified atom stereocenters. The fourth-order valence-electron chi connectivity index (χ4n) is 2.91. The second kappa shape index (κ2) is 4.74. The SMILES string of the molecule is CNC1(c2nnnn2-c2ccc(C)cc2)CCCC1. The number of nitrogens with zero attached hydrogens (tertiary/aromatic N) is 4. The lowest BCUT2D eigenvalue weighted by molar-refractivity contribution is 0.341. The van der Waals surface area contributed by atoms with Crippen LogP contribution >= 0.6 is 0 Å². The highest BCUT2D eigenvalue weighted by Gasteiger charge is 2.39. The Bertz CT molecular complexity index is 551. The molecule has 1 heterocycles. The van der Waals surface area contributed by atoms with Crippen LogP contribution in [0, 0.1) is 6.92 Å². The van der Waals surface area contributed by atoms with Gasteiger partial charge in [0.2, 0.25) is 0 Å². The van der Waals surface area contributed by atoms with Crippen molar-refractivity contribution in [3.05, 3.63) is 35.7 Å². The van der Waals surface area contributed by atoms with Crippen LogP contribution in [0.1, 0.15) is 37.1 Å². The summed E-state index contributed by atoms with van der Waals surface area (Å²) >= 11 is 0. The molecule has 0 atom stereocenters. The number of nitrogens with one attached hydrogen (secondary N) is 1. The summed E-state index contributed by atoms with van der Waals surface area (Å²) in [6.45, 7) is 2.08. The zero-order valence-electron chi connectivity index (χ0n) is 11.4. The molecule has 5 nitrogen and oxygen atoms in total. The van der Waals surface area contributed by atoms with Gasteiger partial charge in [0.1, 0.15) is 0 Å². The van der Waals surface area contributed by atoms with Crippen LogP contribution in [0.2, 0.25) is 0 Å². The third-order valence-corrected chi connectivity index (χ3v) is 4.11. The minimum absolute atomic E-state index is 0.0750. The number of aromatic nitrogens is 4. The highest BCUT2D eigenvalue weighted by atomic mass is 15.6. The minimum Gasteiger partial charge on any atom is -0.308 e. The molecule has 0 aliphatic heterocycles. The van der Waals surface area contributed by atoms with Crippen LogP contribution in [-0.2, 0) is 5.54 Å². The molecule has 1 N–H and O–H groups in total. The van der Waals surface area contributed by atoms with Crippen LogP contribution in [-0.4, -0.2) is 27.3 Å². The summed E-state index contributed by atoms with van der Waals surface area (Å²) in [7, 11) is 2.00. The van der Waals surface area contributed by atoms with Crippen LogP contribution in [0.3, 0.4) is 0 Å². The van der Waals surface area contributed by atoms with E-state index in [0.29, 0.717) is 0 Å². The van der Waals surface area contributed by atoms with Gasteiger partial charge in [0.25, 0.3) is 0 Å². The van der Waals surface area contributed by atoms with E-state index >= 15 is 0 Å². The molecule has 19 heavy (non-hydrogen) atoms. The summed E-state index contributed by atoms with van der Waals surface area (Å²) in [6, 6.07) is 8.30. The largest absolute Gasteiger partial charge is 0.308 e. The molecule has 1 fully saturated rings. The first-order valence-electron chi connectivity index (χ1n) is 6.80. The van der Waals surface area contributed by atoms with E-state index in [2.05, 4.69) is 52.0 Å². The van der Waals surface area contributed by atoms with E-state index in [-0.39, 0.29) is 5.54 Å².